The summed E-state index contributed by atoms with van der Waals surface area (Å²) >= 11 is 0. The molecule has 3 aromatic rings. The van der Waals surface area contributed by atoms with E-state index in [1.807, 2.05) is 6.07 Å². The Morgan fingerprint density at radius 2 is 1.77 bits per heavy atom. The van der Waals surface area contributed by atoms with E-state index in [-0.39, 0.29) is 11.6 Å². The minimum atomic E-state index is -0.868. The van der Waals surface area contributed by atoms with E-state index in [0.29, 0.717) is 24.8 Å². The zero-order chi connectivity index (χ0) is 21.5. The number of hydrogen-bond acceptors (Lipinski definition) is 3. The van der Waals surface area contributed by atoms with Gasteiger partial charge >= 0.3 is 5.97 Å². The van der Waals surface area contributed by atoms with Crippen LogP contribution in [-0.4, -0.2) is 27.4 Å². The summed E-state index contributed by atoms with van der Waals surface area (Å²) < 4.78 is 22.1. The van der Waals surface area contributed by atoms with Crippen molar-refractivity contribution in [3.05, 3.63) is 59.5 Å². The highest BCUT2D eigenvalue weighted by Crippen LogP contribution is 2.63. The SMILES string of the molecule is CC1(C(=O)O)CC2(C1)OCC(C)(C)c1c2c2c(O)cccc2n1-c1ccc(F)cc1. The first-order valence-corrected chi connectivity index (χ1v) is 10.1. The van der Waals surface area contributed by atoms with Gasteiger partial charge in [0.15, 0.2) is 0 Å². The lowest BCUT2D eigenvalue weighted by Gasteiger charge is -2.56. The predicted molar refractivity (Wildman–Crippen MR) is 111 cm³/mol. The van der Waals surface area contributed by atoms with Crippen molar-refractivity contribution in [3.8, 4) is 11.4 Å². The second-order valence-corrected chi connectivity index (χ2v) is 9.59. The van der Waals surface area contributed by atoms with Crippen molar-refractivity contribution in [1.82, 2.24) is 4.57 Å². The molecule has 1 aliphatic carbocycles. The quantitative estimate of drug-likeness (QED) is 0.634. The van der Waals surface area contributed by atoms with Gasteiger partial charge in [-0.1, -0.05) is 19.9 Å². The number of aliphatic carboxylic acids is 1. The molecule has 0 saturated heterocycles. The first-order chi connectivity index (χ1) is 14.1. The Hall–Kier alpha value is -2.86. The molecule has 2 aromatic carbocycles. The van der Waals surface area contributed by atoms with Gasteiger partial charge in [-0.25, -0.2) is 4.39 Å². The average Bonchev–Trinajstić information content (AvgIpc) is 3.02. The lowest BCUT2D eigenvalue weighted by molar-refractivity contribution is -0.205. The Bertz CT molecular complexity index is 1190. The summed E-state index contributed by atoms with van der Waals surface area (Å²) in [4.78, 5) is 11.8. The molecule has 30 heavy (non-hydrogen) atoms. The van der Waals surface area contributed by atoms with Crippen molar-refractivity contribution in [2.24, 2.45) is 5.41 Å². The molecule has 1 spiro atoms. The summed E-state index contributed by atoms with van der Waals surface area (Å²) in [6.07, 6.45) is 0.685. The third-order valence-corrected chi connectivity index (χ3v) is 6.73. The van der Waals surface area contributed by atoms with E-state index in [9.17, 15) is 19.4 Å². The van der Waals surface area contributed by atoms with Crippen LogP contribution < -0.4 is 0 Å². The van der Waals surface area contributed by atoms with Gasteiger partial charge in [-0.05, 0) is 56.2 Å². The molecule has 1 saturated carbocycles. The molecule has 2 heterocycles. The number of carboxylic acids is 1. The topological polar surface area (TPSA) is 71.7 Å². The van der Waals surface area contributed by atoms with Gasteiger partial charge in [0.1, 0.15) is 11.6 Å². The molecule has 0 amide bonds. The number of benzene rings is 2. The van der Waals surface area contributed by atoms with Crippen molar-refractivity contribution < 1.29 is 24.1 Å². The number of halogens is 1. The number of aromatic hydroxyl groups is 1. The van der Waals surface area contributed by atoms with Gasteiger partial charge in [-0.3, -0.25) is 4.79 Å². The molecule has 5 nitrogen and oxygen atoms in total. The molecular weight excluding hydrogens is 385 g/mol. The van der Waals surface area contributed by atoms with E-state index in [1.54, 1.807) is 31.2 Å². The van der Waals surface area contributed by atoms with Crippen LogP contribution in [-0.2, 0) is 20.5 Å². The van der Waals surface area contributed by atoms with Crippen LogP contribution in [0.15, 0.2) is 42.5 Å². The number of phenolic OH excluding ortho intramolecular Hbond substituents is 1. The lowest BCUT2D eigenvalue weighted by atomic mass is 9.55. The molecule has 2 aliphatic rings. The van der Waals surface area contributed by atoms with Gasteiger partial charge in [-0.2, -0.15) is 0 Å². The Morgan fingerprint density at radius 1 is 1.10 bits per heavy atom. The van der Waals surface area contributed by atoms with Crippen molar-refractivity contribution in [2.75, 3.05) is 6.61 Å². The molecule has 156 valence electrons. The highest BCUT2D eigenvalue weighted by molar-refractivity contribution is 5.94. The van der Waals surface area contributed by atoms with Gasteiger partial charge < -0.3 is 19.5 Å². The highest BCUT2D eigenvalue weighted by atomic mass is 19.1. The number of carbonyl (C=O) groups is 1. The largest absolute Gasteiger partial charge is 0.507 e. The Kier molecular flexibility index (Phi) is 3.73. The molecule has 0 bridgehead atoms. The third-order valence-electron chi connectivity index (χ3n) is 6.73. The van der Waals surface area contributed by atoms with Crippen LogP contribution in [0.25, 0.3) is 16.6 Å². The monoisotopic (exact) mass is 409 g/mol. The van der Waals surface area contributed by atoms with Crippen molar-refractivity contribution >= 4 is 16.9 Å². The molecule has 5 rings (SSSR count). The Morgan fingerprint density at radius 3 is 2.40 bits per heavy atom. The predicted octanol–water partition coefficient (Wildman–Crippen LogP) is 4.86. The van der Waals surface area contributed by atoms with Crippen molar-refractivity contribution in [1.29, 1.82) is 0 Å². The third kappa shape index (κ3) is 2.40. The van der Waals surface area contributed by atoms with Gasteiger partial charge in [-0.15, -0.1) is 0 Å². The summed E-state index contributed by atoms with van der Waals surface area (Å²) in [6.45, 7) is 6.31. The van der Waals surface area contributed by atoms with Crippen LogP contribution in [0.5, 0.6) is 5.75 Å². The summed E-state index contributed by atoms with van der Waals surface area (Å²) in [5.41, 5.74) is 1.40. The van der Waals surface area contributed by atoms with Crippen LogP contribution in [0.3, 0.4) is 0 Å². The van der Waals surface area contributed by atoms with Crippen molar-refractivity contribution in [3.63, 3.8) is 0 Å². The summed E-state index contributed by atoms with van der Waals surface area (Å²) in [6, 6.07) is 11.6. The van der Waals surface area contributed by atoms with Gasteiger partial charge in [0.25, 0.3) is 0 Å². The van der Waals surface area contributed by atoms with E-state index in [2.05, 4.69) is 18.4 Å². The molecule has 6 heteroatoms. The second-order valence-electron chi connectivity index (χ2n) is 9.59. The van der Waals surface area contributed by atoms with Crippen molar-refractivity contribution in [2.45, 2.75) is 44.6 Å². The summed E-state index contributed by atoms with van der Waals surface area (Å²) in [5, 5.41) is 21.2. The minimum absolute atomic E-state index is 0.134. The molecule has 0 unspecified atom stereocenters. The van der Waals surface area contributed by atoms with E-state index < -0.39 is 22.4 Å². The normalized spacial score (nSPS) is 27.1. The van der Waals surface area contributed by atoms with Gasteiger partial charge in [0.2, 0.25) is 0 Å². The first-order valence-electron chi connectivity index (χ1n) is 10.1. The molecule has 2 N–H and O–H groups in total. The maximum atomic E-state index is 13.6. The maximum Gasteiger partial charge on any atom is 0.309 e. The number of nitrogens with zero attached hydrogens (tertiary/aromatic N) is 1. The summed E-state index contributed by atoms with van der Waals surface area (Å²) in [5.74, 6) is -1.02. The number of phenols is 1. The zero-order valence-corrected chi connectivity index (χ0v) is 17.2. The Labute approximate surface area is 173 Å². The van der Waals surface area contributed by atoms with E-state index >= 15 is 0 Å². The second kappa shape index (κ2) is 5.85. The summed E-state index contributed by atoms with van der Waals surface area (Å²) in [7, 11) is 0. The minimum Gasteiger partial charge on any atom is -0.507 e. The van der Waals surface area contributed by atoms with E-state index in [0.717, 1.165) is 22.5 Å². The smallest absolute Gasteiger partial charge is 0.309 e. The van der Waals surface area contributed by atoms with Gasteiger partial charge in [0.05, 0.1) is 23.1 Å². The number of aromatic nitrogens is 1. The number of rotatable bonds is 2. The molecule has 1 aliphatic heterocycles. The van der Waals surface area contributed by atoms with Gasteiger partial charge in [0, 0.05) is 27.7 Å². The standard InChI is InChI=1S/C24H24FNO4/c1-22(2)13-30-24(11-23(3,12-24)21(28)29)19-18-16(5-4-6-17(18)27)26(20(19)22)15-9-7-14(25)8-10-15/h4-10,27H,11-13H2,1-3H3,(H,28,29). The van der Waals surface area contributed by atoms with Crippen LogP contribution in [0.1, 0.15) is 44.9 Å². The van der Waals surface area contributed by atoms with E-state index in [4.69, 9.17) is 4.74 Å². The van der Waals surface area contributed by atoms with Crippen LogP contribution in [0, 0.1) is 11.2 Å². The maximum absolute atomic E-state index is 13.6. The number of carboxylic acid groups (broad SMARTS) is 1. The fourth-order valence-electron chi connectivity index (χ4n) is 5.36. The Balaban J connectivity index is 1.85. The molecule has 1 aromatic heterocycles. The van der Waals surface area contributed by atoms with Crippen LogP contribution in [0.2, 0.25) is 0 Å². The highest BCUT2D eigenvalue weighted by Gasteiger charge is 2.62. The van der Waals surface area contributed by atoms with Crippen LogP contribution in [0.4, 0.5) is 4.39 Å². The number of fused-ring (bicyclic) bond motifs is 4. The van der Waals surface area contributed by atoms with E-state index in [1.165, 1.54) is 12.1 Å². The zero-order valence-electron chi connectivity index (χ0n) is 17.2. The fourth-order valence-corrected chi connectivity index (χ4v) is 5.36. The first kappa shape index (κ1) is 19.1. The molecule has 0 atom stereocenters. The average molecular weight is 409 g/mol. The number of hydrogen-bond donors (Lipinski definition) is 2. The van der Waals surface area contributed by atoms with Crippen LogP contribution >= 0.6 is 0 Å². The molecular formula is C24H24FNO4. The fraction of sp³-hybridized carbons (Fsp3) is 0.375. The molecule has 0 radical (unpaired) electrons. The molecule has 1 fully saturated rings. The lowest BCUT2D eigenvalue weighted by Crippen LogP contribution is -2.57. The number of ether oxygens (including phenoxy) is 1.